The first-order valence-electron chi connectivity index (χ1n) is 5.97. The molecular weight excluding hydrogens is 256 g/mol. The average Bonchev–Trinajstić information content (AvgIpc) is 2.78. The van der Waals surface area contributed by atoms with Gasteiger partial charge in [0.1, 0.15) is 0 Å². The van der Waals surface area contributed by atoms with Crippen molar-refractivity contribution in [3.8, 4) is 0 Å². The molecule has 0 aromatic heterocycles. The molecule has 3 rings (SSSR count). The fourth-order valence-corrected chi connectivity index (χ4v) is 2.23. The van der Waals surface area contributed by atoms with Crippen molar-refractivity contribution in [2.75, 3.05) is 5.73 Å². The minimum absolute atomic E-state index is 0.278. The maximum atomic E-state index is 12.4. The summed E-state index contributed by atoms with van der Waals surface area (Å²) in [6.45, 7) is 0. The van der Waals surface area contributed by atoms with Crippen molar-refractivity contribution >= 4 is 34.2 Å². The smallest absolute Gasteiger partial charge is 0.268 e. The van der Waals surface area contributed by atoms with Crippen molar-refractivity contribution in [2.24, 2.45) is 0 Å². The van der Waals surface area contributed by atoms with Crippen molar-refractivity contribution in [3.05, 3.63) is 54.1 Å². The number of hydrogen-bond donors (Lipinski definition) is 1. The van der Waals surface area contributed by atoms with Gasteiger partial charge in [-0.2, -0.15) is 0 Å². The van der Waals surface area contributed by atoms with E-state index in [2.05, 4.69) is 0 Å². The molecule has 5 nitrogen and oxygen atoms in total. The standard InChI is InChI=1S/C15H10N2O3/c16-12-6-5-11(9-3-1-2-4-10(9)12)15(20)17-13(18)7-8-14(17)19/h1-8H,16H2. The van der Waals surface area contributed by atoms with E-state index in [4.69, 9.17) is 5.73 Å². The Kier molecular flexibility index (Phi) is 2.61. The van der Waals surface area contributed by atoms with Crippen LogP contribution in [0.25, 0.3) is 10.8 Å². The summed E-state index contributed by atoms with van der Waals surface area (Å²) < 4.78 is 0. The lowest BCUT2D eigenvalue weighted by Crippen LogP contribution is -2.36. The Morgan fingerprint density at radius 2 is 1.50 bits per heavy atom. The van der Waals surface area contributed by atoms with Crippen molar-refractivity contribution in [2.45, 2.75) is 0 Å². The van der Waals surface area contributed by atoms with Gasteiger partial charge in [-0.1, -0.05) is 24.3 Å². The molecule has 5 heteroatoms. The van der Waals surface area contributed by atoms with Crippen molar-refractivity contribution in [1.82, 2.24) is 4.90 Å². The molecule has 98 valence electrons. The Bertz CT molecular complexity index is 775. The van der Waals surface area contributed by atoms with Crippen molar-refractivity contribution in [3.63, 3.8) is 0 Å². The third kappa shape index (κ3) is 1.68. The Hall–Kier alpha value is -2.95. The van der Waals surface area contributed by atoms with Crippen LogP contribution < -0.4 is 5.73 Å². The molecule has 0 radical (unpaired) electrons. The molecule has 0 unspecified atom stereocenters. The Labute approximate surface area is 114 Å². The quantitative estimate of drug-likeness (QED) is 0.626. The number of nitrogen functional groups attached to an aromatic ring is 1. The molecule has 2 aromatic rings. The van der Waals surface area contributed by atoms with Crippen LogP contribution in [0.4, 0.5) is 5.69 Å². The van der Waals surface area contributed by atoms with Gasteiger partial charge in [0.05, 0.1) is 0 Å². The first kappa shape index (κ1) is 12.1. The van der Waals surface area contributed by atoms with Gasteiger partial charge in [-0.15, -0.1) is 0 Å². The van der Waals surface area contributed by atoms with E-state index in [1.54, 1.807) is 30.3 Å². The summed E-state index contributed by atoms with van der Waals surface area (Å²) in [6.07, 6.45) is 2.17. The van der Waals surface area contributed by atoms with Gasteiger partial charge in [0, 0.05) is 28.8 Å². The van der Waals surface area contributed by atoms with Gasteiger partial charge in [-0.25, -0.2) is 4.90 Å². The van der Waals surface area contributed by atoms with E-state index >= 15 is 0 Å². The van der Waals surface area contributed by atoms with Crippen LogP contribution in [-0.4, -0.2) is 22.6 Å². The molecule has 0 saturated carbocycles. The highest BCUT2D eigenvalue weighted by atomic mass is 16.2. The summed E-state index contributed by atoms with van der Waals surface area (Å²) in [7, 11) is 0. The van der Waals surface area contributed by atoms with Crippen molar-refractivity contribution in [1.29, 1.82) is 0 Å². The first-order chi connectivity index (χ1) is 9.59. The Balaban J connectivity index is 2.16. The molecule has 0 aliphatic carbocycles. The van der Waals surface area contributed by atoms with Gasteiger partial charge in [0.25, 0.3) is 17.7 Å². The van der Waals surface area contributed by atoms with Crippen molar-refractivity contribution < 1.29 is 14.4 Å². The van der Waals surface area contributed by atoms with E-state index in [1.807, 2.05) is 0 Å². The number of hydrogen-bond acceptors (Lipinski definition) is 4. The molecule has 0 atom stereocenters. The molecule has 20 heavy (non-hydrogen) atoms. The van der Waals surface area contributed by atoms with E-state index in [1.165, 1.54) is 6.07 Å². The minimum atomic E-state index is -0.638. The number of carbonyl (C=O) groups is 3. The summed E-state index contributed by atoms with van der Waals surface area (Å²) in [5.74, 6) is -1.89. The zero-order valence-corrected chi connectivity index (χ0v) is 10.4. The van der Waals surface area contributed by atoms with E-state index in [-0.39, 0.29) is 5.56 Å². The molecule has 2 aromatic carbocycles. The lowest BCUT2D eigenvalue weighted by Gasteiger charge is -2.14. The number of benzene rings is 2. The zero-order valence-electron chi connectivity index (χ0n) is 10.4. The molecule has 1 heterocycles. The van der Waals surface area contributed by atoms with Crippen LogP contribution in [0.5, 0.6) is 0 Å². The van der Waals surface area contributed by atoms with Crippen LogP contribution in [0.15, 0.2) is 48.6 Å². The van der Waals surface area contributed by atoms with Crippen LogP contribution in [-0.2, 0) is 9.59 Å². The van der Waals surface area contributed by atoms with Crippen LogP contribution in [0.3, 0.4) is 0 Å². The second kappa shape index (κ2) is 4.31. The Morgan fingerprint density at radius 3 is 2.15 bits per heavy atom. The molecule has 3 amide bonds. The molecule has 1 aliphatic heterocycles. The number of amides is 3. The third-order valence-electron chi connectivity index (χ3n) is 3.20. The number of fused-ring (bicyclic) bond motifs is 1. The van der Waals surface area contributed by atoms with Gasteiger partial charge >= 0.3 is 0 Å². The monoisotopic (exact) mass is 266 g/mol. The lowest BCUT2D eigenvalue weighted by molar-refractivity contribution is -0.133. The van der Waals surface area contributed by atoms with Gasteiger partial charge < -0.3 is 5.73 Å². The number of nitrogens with zero attached hydrogens (tertiary/aromatic N) is 1. The number of imide groups is 3. The summed E-state index contributed by atoms with van der Waals surface area (Å²) in [6, 6.07) is 10.2. The predicted molar refractivity (Wildman–Crippen MR) is 73.7 cm³/mol. The van der Waals surface area contributed by atoms with Crippen LogP contribution in [0.2, 0.25) is 0 Å². The maximum Gasteiger partial charge on any atom is 0.268 e. The minimum Gasteiger partial charge on any atom is -0.398 e. The Morgan fingerprint density at radius 1 is 0.900 bits per heavy atom. The fourth-order valence-electron chi connectivity index (χ4n) is 2.23. The summed E-state index contributed by atoms with van der Waals surface area (Å²) in [4.78, 5) is 36.2. The van der Waals surface area contributed by atoms with Gasteiger partial charge in [-0.05, 0) is 17.5 Å². The molecule has 0 spiro atoms. The summed E-state index contributed by atoms with van der Waals surface area (Å²) in [5, 5.41) is 1.33. The molecule has 2 N–H and O–H groups in total. The van der Waals surface area contributed by atoms with Crippen LogP contribution in [0.1, 0.15) is 10.4 Å². The van der Waals surface area contributed by atoms with Gasteiger partial charge in [-0.3, -0.25) is 14.4 Å². The van der Waals surface area contributed by atoms with E-state index in [0.717, 1.165) is 12.2 Å². The number of anilines is 1. The number of rotatable bonds is 1. The van der Waals surface area contributed by atoms with Crippen LogP contribution >= 0.6 is 0 Å². The second-order valence-corrected chi connectivity index (χ2v) is 4.40. The van der Waals surface area contributed by atoms with E-state index in [0.29, 0.717) is 21.4 Å². The second-order valence-electron chi connectivity index (χ2n) is 4.40. The molecule has 0 saturated heterocycles. The highest BCUT2D eigenvalue weighted by Gasteiger charge is 2.31. The highest BCUT2D eigenvalue weighted by Crippen LogP contribution is 2.26. The van der Waals surface area contributed by atoms with Crippen LogP contribution in [0, 0.1) is 0 Å². The third-order valence-corrected chi connectivity index (χ3v) is 3.20. The maximum absolute atomic E-state index is 12.4. The molecule has 0 fully saturated rings. The largest absolute Gasteiger partial charge is 0.398 e. The molecule has 0 bridgehead atoms. The highest BCUT2D eigenvalue weighted by molar-refractivity contribution is 6.28. The first-order valence-corrected chi connectivity index (χ1v) is 5.97. The van der Waals surface area contributed by atoms with Gasteiger partial charge in [0.2, 0.25) is 0 Å². The van der Waals surface area contributed by atoms with E-state index < -0.39 is 17.7 Å². The topological polar surface area (TPSA) is 80.5 Å². The number of nitrogens with two attached hydrogens (primary N) is 1. The summed E-state index contributed by atoms with van der Waals surface area (Å²) in [5.41, 5.74) is 6.68. The lowest BCUT2D eigenvalue weighted by atomic mass is 10.0. The normalized spacial score (nSPS) is 14.3. The zero-order chi connectivity index (χ0) is 14.3. The predicted octanol–water partition coefficient (Wildman–Crippen LogP) is 1.49. The average molecular weight is 266 g/mol. The molecule has 1 aliphatic rings. The van der Waals surface area contributed by atoms with E-state index in [9.17, 15) is 14.4 Å². The fraction of sp³-hybridized carbons (Fsp3) is 0. The molecular formula is C15H10N2O3. The van der Waals surface area contributed by atoms with Gasteiger partial charge in [0.15, 0.2) is 0 Å². The number of carbonyl (C=O) groups excluding carboxylic acids is 3. The summed E-state index contributed by atoms with van der Waals surface area (Å²) >= 11 is 0. The SMILES string of the molecule is Nc1ccc(C(=O)N2C(=O)C=CC2=O)c2ccccc12.